The van der Waals surface area contributed by atoms with Crippen LogP contribution in [-0.4, -0.2) is 50.2 Å². The van der Waals surface area contributed by atoms with Crippen LogP contribution in [0.3, 0.4) is 0 Å². The molecule has 2 heterocycles. The van der Waals surface area contributed by atoms with Crippen molar-refractivity contribution in [2.45, 2.75) is 24.6 Å². The number of rotatable bonds is 1. The van der Waals surface area contributed by atoms with Gasteiger partial charge in [-0.3, -0.25) is 0 Å². The van der Waals surface area contributed by atoms with Crippen LogP contribution >= 0.6 is 0 Å². The van der Waals surface area contributed by atoms with Crippen LogP contribution in [0.2, 0.25) is 0 Å². The first-order valence-corrected chi connectivity index (χ1v) is 3.88. The molecule has 0 unspecified atom stereocenters. The van der Waals surface area contributed by atoms with E-state index in [-0.39, 0.29) is 19.0 Å². The van der Waals surface area contributed by atoms with E-state index in [2.05, 4.69) is 0 Å². The Morgan fingerprint density at radius 2 is 2.17 bits per heavy atom. The second kappa shape index (κ2) is 3.27. The zero-order valence-electron chi connectivity index (χ0n) is 6.80. The summed E-state index contributed by atoms with van der Waals surface area (Å²) < 4.78 is 20.4. The summed E-state index contributed by atoms with van der Waals surface area (Å²) in [6.45, 7) is 0.645. The van der Waals surface area contributed by atoms with Gasteiger partial charge in [-0.15, -0.1) is 0 Å². The minimum Gasteiger partial charge on any atom is -0.385 e. The molecule has 0 aromatic heterocycles. The van der Waals surface area contributed by atoms with E-state index < -0.39 is 12.4 Å². The van der Waals surface area contributed by atoms with E-state index in [1.54, 1.807) is 0 Å². The molecule has 2 fully saturated rings. The molecule has 1 N–H and O–H groups in total. The van der Waals surface area contributed by atoms with Gasteiger partial charge in [0.05, 0.1) is 6.61 Å². The second-order valence-electron chi connectivity index (χ2n) is 2.88. The van der Waals surface area contributed by atoms with Crippen molar-refractivity contribution >= 4 is 0 Å². The Morgan fingerprint density at radius 3 is 2.92 bits per heavy atom. The van der Waals surface area contributed by atoms with E-state index in [9.17, 15) is 5.11 Å². The fourth-order valence-corrected chi connectivity index (χ4v) is 1.52. The number of ether oxygens (including phenoxy) is 4. The topological polar surface area (TPSA) is 57.2 Å². The lowest BCUT2D eigenvalue weighted by Crippen LogP contribution is -2.52. The molecule has 2 saturated heterocycles. The summed E-state index contributed by atoms with van der Waals surface area (Å²) in [5.41, 5.74) is 0. The van der Waals surface area contributed by atoms with Crippen LogP contribution in [-0.2, 0) is 18.9 Å². The van der Waals surface area contributed by atoms with Crippen LogP contribution < -0.4 is 0 Å². The Labute approximate surface area is 70.2 Å². The predicted molar refractivity (Wildman–Crippen MR) is 37.4 cm³/mol. The normalized spacial score (nSPS) is 47.5. The number of methoxy groups -OCH3 is 1. The molecule has 70 valence electrons. The summed E-state index contributed by atoms with van der Waals surface area (Å²) in [6, 6.07) is 0. The number of hydrogen-bond donors (Lipinski definition) is 1. The van der Waals surface area contributed by atoms with Gasteiger partial charge in [0, 0.05) is 7.11 Å². The van der Waals surface area contributed by atoms with Crippen LogP contribution in [0.25, 0.3) is 0 Å². The molecule has 0 amide bonds. The molecule has 5 nitrogen and oxygen atoms in total. The zero-order valence-corrected chi connectivity index (χ0v) is 6.80. The Bertz CT molecular complexity index is 162. The van der Waals surface area contributed by atoms with Gasteiger partial charge in [0.15, 0.2) is 6.29 Å². The van der Waals surface area contributed by atoms with E-state index in [1.807, 2.05) is 0 Å². The SMILES string of the molecule is CO[C@H]1OC[C@@H]2OCO[C@@H]2[C@H]1O. The maximum Gasteiger partial charge on any atom is 0.185 e. The van der Waals surface area contributed by atoms with Crippen molar-refractivity contribution in [2.24, 2.45) is 0 Å². The molecule has 0 aromatic rings. The van der Waals surface area contributed by atoms with Crippen LogP contribution in [0.1, 0.15) is 0 Å². The quantitative estimate of drug-likeness (QED) is 0.560. The fraction of sp³-hybridized carbons (Fsp3) is 1.00. The van der Waals surface area contributed by atoms with Crippen LogP contribution in [0.15, 0.2) is 0 Å². The van der Waals surface area contributed by atoms with Gasteiger partial charge >= 0.3 is 0 Å². The van der Waals surface area contributed by atoms with Gasteiger partial charge in [-0.05, 0) is 0 Å². The molecule has 2 rings (SSSR count). The van der Waals surface area contributed by atoms with E-state index in [4.69, 9.17) is 18.9 Å². The molecule has 0 aliphatic carbocycles. The van der Waals surface area contributed by atoms with Crippen LogP contribution in [0.5, 0.6) is 0 Å². The van der Waals surface area contributed by atoms with Gasteiger partial charge in [0.1, 0.15) is 25.1 Å². The minimum atomic E-state index is -0.753. The highest BCUT2D eigenvalue weighted by Crippen LogP contribution is 2.25. The van der Waals surface area contributed by atoms with E-state index in [1.165, 1.54) is 7.11 Å². The summed E-state index contributed by atoms with van der Waals surface area (Å²) in [5, 5.41) is 9.58. The summed E-state index contributed by atoms with van der Waals surface area (Å²) in [6.07, 6.45) is -1.79. The highest BCUT2D eigenvalue weighted by Gasteiger charge is 2.44. The highest BCUT2D eigenvalue weighted by atomic mass is 16.8. The third-order valence-corrected chi connectivity index (χ3v) is 2.18. The zero-order chi connectivity index (χ0) is 8.55. The van der Waals surface area contributed by atoms with E-state index >= 15 is 0 Å². The molecule has 12 heavy (non-hydrogen) atoms. The second-order valence-corrected chi connectivity index (χ2v) is 2.88. The standard InChI is InChI=1S/C7H12O5/c1-9-7-5(8)6-4(2-10-7)11-3-12-6/h4-8H,2-3H2,1H3/t4-,5+,6-,7-/m0/s1. The molecule has 0 aromatic carbocycles. The summed E-state index contributed by atoms with van der Waals surface area (Å²) in [4.78, 5) is 0. The van der Waals surface area contributed by atoms with Gasteiger partial charge in [0.2, 0.25) is 0 Å². The Morgan fingerprint density at radius 1 is 1.33 bits per heavy atom. The third kappa shape index (κ3) is 1.23. The Hall–Kier alpha value is -0.200. The van der Waals surface area contributed by atoms with Crippen molar-refractivity contribution in [3.63, 3.8) is 0 Å². The van der Waals surface area contributed by atoms with Crippen molar-refractivity contribution in [2.75, 3.05) is 20.5 Å². The lowest BCUT2D eigenvalue weighted by atomic mass is 10.1. The predicted octanol–water partition coefficient (Wildman–Crippen LogP) is -0.909. The third-order valence-electron chi connectivity index (χ3n) is 2.18. The number of aliphatic hydroxyl groups excluding tert-OH is 1. The summed E-state index contributed by atoms with van der Waals surface area (Å²) >= 11 is 0. The highest BCUT2D eigenvalue weighted by molar-refractivity contribution is 4.87. The van der Waals surface area contributed by atoms with Crippen LogP contribution in [0.4, 0.5) is 0 Å². The van der Waals surface area contributed by atoms with Crippen molar-refractivity contribution in [1.82, 2.24) is 0 Å². The van der Waals surface area contributed by atoms with Crippen LogP contribution in [0, 0.1) is 0 Å². The molecule has 0 bridgehead atoms. The molecule has 2 aliphatic heterocycles. The fourth-order valence-electron chi connectivity index (χ4n) is 1.52. The Kier molecular flexibility index (Phi) is 2.29. The first-order chi connectivity index (χ1) is 5.83. The van der Waals surface area contributed by atoms with Gasteiger partial charge in [-0.1, -0.05) is 0 Å². The van der Waals surface area contributed by atoms with Gasteiger partial charge in [-0.25, -0.2) is 0 Å². The number of aliphatic hydroxyl groups is 1. The summed E-state index contributed by atoms with van der Waals surface area (Å²) in [7, 11) is 1.49. The van der Waals surface area contributed by atoms with Crippen molar-refractivity contribution in [1.29, 1.82) is 0 Å². The molecule has 5 heteroatoms. The van der Waals surface area contributed by atoms with Gasteiger partial charge in [0.25, 0.3) is 0 Å². The molecule has 2 aliphatic rings. The van der Waals surface area contributed by atoms with Crippen molar-refractivity contribution < 1.29 is 24.1 Å². The van der Waals surface area contributed by atoms with Crippen molar-refractivity contribution in [3.05, 3.63) is 0 Å². The smallest absolute Gasteiger partial charge is 0.185 e. The maximum absolute atomic E-state index is 9.58. The van der Waals surface area contributed by atoms with Crippen molar-refractivity contribution in [3.8, 4) is 0 Å². The average Bonchev–Trinajstić information content (AvgIpc) is 2.53. The maximum atomic E-state index is 9.58. The van der Waals surface area contributed by atoms with Gasteiger partial charge in [-0.2, -0.15) is 0 Å². The average molecular weight is 176 g/mol. The monoisotopic (exact) mass is 176 g/mol. The van der Waals surface area contributed by atoms with E-state index in [0.717, 1.165) is 0 Å². The lowest BCUT2D eigenvalue weighted by Gasteiger charge is -2.33. The molecule has 0 spiro atoms. The number of hydrogen-bond acceptors (Lipinski definition) is 5. The first-order valence-electron chi connectivity index (χ1n) is 3.88. The minimum absolute atomic E-state index is 0.147. The molecule has 0 radical (unpaired) electrons. The Balaban J connectivity index is 2.02. The molecular formula is C7H12O5. The molecular weight excluding hydrogens is 164 g/mol. The largest absolute Gasteiger partial charge is 0.385 e. The van der Waals surface area contributed by atoms with Gasteiger partial charge < -0.3 is 24.1 Å². The molecule has 4 atom stereocenters. The number of fused-ring (bicyclic) bond motifs is 1. The molecule has 0 saturated carbocycles. The first kappa shape index (κ1) is 8.40. The lowest BCUT2D eigenvalue weighted by molar-refractivity contribution is -0.240. The summed E-state index contributed by atoms with van der Waals surface area (Å²) in [5.74, 6) is 0. The van der Waals surface area contributed by atoms with E-state index in [0.29, 0.717) is 6.61 Å².